The molecule has 4 nitrogen and oxygen atoms in total. The highest BCUT2D eigenvalue weighted by molar-refractivity contribution is 5.95. The van der Waals surface area contributed by atoms with Crippen molar-refractivity contribution in [1.82, 2.24) is 0 Å². The Labute approximate surface area is 190 Å². The maximum absolute atomic E-state index is 13.1. The van der Waals surface area contributed by atoms with Gasteiger partial charge in [-0.2, -0.15) is 0 Å². The fraction of sp³-hybridized carbons (Fsp3) is 0.714. The summed E-state index contributed by atoms with van der Waals surface area (Å²) < 4.78 is 12.4. The first kappa shape index (κ1) is 19.6. The van der Waals surface area contributed by atoms with Crippen molar-refractivity contribution in [3.8, 4) is 0 Å². The van der Waals surface area contributed by atoms with Gasteiger partial charge in [0.05, 0.1) is 11.1 Å². The first-order valence-corrected chi connectivity index (χ1v) is 13.0. The Balaban J connectivity index is 1.07. The average molecular weight is 435 g/mol. The Hall–Kier alpha value is -1.84. The number of hydrogen-bond donors (Lipinski definition) is 0. The number of hydrogen-bond acceptors (Lipinski definition) is 4. The number of esters is 2. The number of carbonyl (C=O) groups is 2. The largest absolute Gasteiger partial charge is 0.455 e. The van der Waals surface area contributed by atoms with Crippen LogP contribution in [0.5, 0.6) is 0 Å². The molecule has 9 rings (SSSR count). The van der Waals surface area contributed by atoms with Crippen LogP contribution in [0.25, 0.3) is 0 Å². The van der Waals surface area contributed by atoms with E-state index >= 15 is 0 Å². The van der Waals surface area contributed by atoms with Crippen molar-refractivity contribution < 1.29 is 19.1 Å². The summed E-state index contributed by atoms with van der Waals surface area (Å²) in [5.41, 5.74) is 0.449. The van der Waals surface area contributed by atoms with Gasteiger partial charge in [0.15, 0.2) is 0 Å². The van der Waals surface area contributed by atoms with E-state index in [1.807, 2.05) is 0 Å². The monoisotopic (exact) mass is 434 g/mol. The summed E-state index contributed by atoms with van der Waals surface area (Å²) in [6.45, 7) is 0. The molecule has 4 heteroatoms. The number of ether oxygens (including phenoxy) is 2. The highest BCUT2D eigenvalue weighted by Gasteiger charge is 2.54. The van der Waals surface area contributed by atoms with E-state index in [1.54, 1.807) is 24.3 Å². The van der Waals surface area contributed by atoms with E-state index < -0.39 is 0 Å². The normalized spacial score (nSPS) is 45.1. The molecule has 1 aromatic rings. The van der Waals surface area contributed by atoms with Gasteiger partial charge in [-0.3, -0.25) is 0 Å². The minimum Gasteiger partial charge on any atom is -0.455 e. The molecule has 170 valence electrons. The van der Waals surface area contributed by atoms with E-state index in [9.17, 15) is 9.59 Å². The Kier molecular flexibility index (Phi) is 4.19. The highest BCUT2D eigenvalue weighted by atomic mass is 16.6. The van der Waals surface area contributed by atoms with Gasteiger partial charge in [-0.1, -0.05) is 6.07 Å². The molecule has 1 aromatic carbocycles. The molecule has 0 amide bonds. The van der Waals surface area contributed by atoms with Crippen LogP contribution < -0.4 is 0 Å². The quantitative estimate of drug-likeness (QED) is 0.551. The molecule has 32 heavy (non-hydrogen) atoms. The summed E-state index contributed by atoms with van der Waals surface area (Å²) >= 11 is 0. The van der Waals surface area contributed by atoms with Crippen LogP contribution in [0.15, 0.2) is 24.3 Å². The van der Waals surface area contributed by atoms with Crippen LogP contribution in [0.2, 0.25) is 0 Å². The highest BCUT2D eigenvalue weighted by Crippen LogP contribution is 2.58. The lowest BCUT2D eigenvalue weighted by Gasteiger charge is -2.55. The molecule has 8 saturated carbocycles. The zero-order valence-corrected chi connectivity index (χ0v) is 18.9. The molecular formula is C28H34O4. The van der Waals surface area contributed by atoms with E-state index in [2.05, 4.69) is 0 Å². The number of carbonyl (C=O) groups excluding carboxylic acids is 2. The van der Waals surface area contributed by atoms with Crippen molar-refractivity contribution in [3.05, 3.63) is 35.4 Å². The topological polar surface area (TPSA) is 52.6 Å². The second-order valence-corrected chi connectivity index (χ2v) is 12.6. The van der Waals surface area contributed by atoms with Crippen LogP contribution in [-0.2, 0) is 9.47 Å². The van der Waals surface area contributed by atoms with E-state index in [4.69, 9.17) is 9.47 Å². The van der Waals surface area contributed by atoms with E-state index in [0.29, 0.717) is 11.1 Å². The fourth-order valence-corrected chi connectivity index (χ4v) is 9.60. The fourth-order valence-electron chi connectivity index (χ4n) is 9.60. The predicted molar refractivity (Wildman–Crippen MR) is 119 cm³/mol. The Bertz CT molecular complexity index is 818. The molecule has 0 aliphatic heterocycles. The van der Waals surface area contributed by atoms with Crippen molar-refractivity contribution in [2.24, 2.45) is 35.5 Å². The third-order valence-electron chi connectivity index (χ3n) is 9.92. The van der Waals surface area contributed by atoms with Gasteiger partial charge < -0.3 is 9.47 Å². The summed E-state index contributed by atoms with van der Waals surface area (Å²) in [6, 6.07) is 7.06. The van der Waals surface area contributed by atoms with Crippen molar-refractivity contribution in [2.45, 2.75) is 88.3 Å². The summed E-state index contributed by atoms with van der Waals surface area (Å²) in [7, 11) is 0. The van der Waals surface area contributed by atoms with Crippen molar-refractivity contribution in [3.63, 3.8) is 0 Å². The van der Waals surface area contributed by atoms with E-state index in [0.717, 1.165) is 74.0 Å². The van der Waals surface area contributed by atoms with Crippen LogP contribution in [0.3, 0.4) is 0 Å². The predicted octanol–water partition coefficient (Wildman–Crippen LogP) is 5.94. The van der Waals surface area contributed by atoms with Crippen LogP contribution >= 0.6 is 0 Å². The van der Waals surface area contributed by atoms with Gasteiger partial charge in [-0.15, -0.1) is 0 Å². The smallest absolute Gasteiger partial charge is 0.338 e. The van der Waals surface area contributed by atoms with Crippen LogP contribution in [0.4, 0.5) is 0 Å². The van der Waals surface area contributed by atoms with Crippen LogP contribution in [-0.4, -0.2) is 23.1 Å². The second kappa shape index (κ2) is 6.84. The third-order valence-corrected chi connectivity index (χ3v) is 9.92. The molecule has 0 N–H and O–H groups in total. The molecule has 8 bridgehead atoms. The van der Waals surface area contributed by atoms with Crippen molar-refractivity contribution >= 4 is 11.9 Å². The molecule has 8 aliphatic rings. The van der Waals surface area contributed by atoms with Gasteiger partial charge in [-0.05, 0) is 131 Å². The van der Waals surface area contributed by atoms with Gasteiger partial charge in [0.25, 0.3) is 0 Å². The molecule has 0 heterocycles. The van der Waals surface area contributed by atoms with Gasteiger partial charge in [-0.25, -0.2) is 9.59 Å². The average Bonchev–Trinajstić information content (AvgIpc) is 2.71. The second-order valence-electron chi connectivity index (χ2n) is 12.6. The lowest BCUT2D eigenvalue weighted by molar-refractivity contribution is -0.131. The maximum Gasteiger partial charge on any atom is 0.338 e. The third kappa shape index (κ3) is 3.23. The van der Waals surface area contributed by atoms with E-state index in [-0.39, 0.29) is 23.1 Å². The maximum atomic E-state index is 13.1. The minimum absolute atomic E-state index is 0.262. The molecular weight excluding hydrogens is 400 g/mol. The Morgan fingerprint density at radius 1 is 0.594 bits per heavy atom. The molecule has 0 saturated heterocycles. The molecule has 8 aliphatic carbocycles. The summed E-state index contributed by atoms with van der Waals surface area (Å²) in [5, 5.41) is 0. The van der Waals surface area contributed by atoms with Gasteiger partial charge in [0.2, 0.25) is 0 Å². The van der Waals surface area contributed by atoms with E-state index in [1.165, 1.54) is 38.5 Å². The molecule has 0 radical (unpaired) electrons. The Morgan fingerprint density at radius 2 is 0.906 bits per heavy atom. The SMILES string of the molecule is O=C(OC12CC3CC(CC(C3)C1)C2)c1cccc(C(=O)OC23CC4CC(CC(C4)C2)C3)c1. The first-order chi connectivity index (χ1) is 15.4. The molecule has 8 fully saturated rings. The van der Waals surface area contributed by atoms with Gasteiger partial charge >= 0.3 is 11.9 Å². The van der Waals surface area contributed by atoms with Crippen molar-refractivity contribution in [1.29, 1.82) is 0 Å². The van der Waals surface area contributed by atoms with Crippen molar-refractivity contribution in [2.75, 3.05) is 0 Å². The molecule has 0 aromatic heterocycles. The number of rotatable bonds is 4. The summed E-state index contributed by atoms with van der Waals surface area (Å²) in [5.74, 6) is 3.86. The minimum atomic E-state index is -0.267. The standard InChI is InChI=1S/C28H34O4/c29-25(31-27-11-17-4-18(12-27)6-19(5-17)13-27)23-2-1-3-24(10-23)26(30)32-28-14-20-7-21(15-28)9-22(8-20)16-28/h1-3,10,17-22H,4-9,11-16H2. The van der Waals surface area contributed by atoms with Gasteiger partial charge in [0, 0.05) is 0 Å². The van der Waals surface area contributed by atoms with Crippen LogP contribution in [0, 0.1) is 35.5 Å². The van der Waals surface area contributed by atoms with Crippen LogP contribution in [0.1, 0.15) is 97.8 Å². The molecule has 0 spiro atoms. The molecule has 0 atom stereocenters. The zero-order chi connectivity index (χ0) is 21.5. The zero-order valence-electron chi connectivity index (χ0n) is 18.9. The molecule has 0 unspecified atom stereocenters. The summed E-state index contributed by atoms with van der Waals surface area (Å²) in [6.07, 6.45) is 14.1. The Morgan fingerprint density at radius 3 is 1.22 bits per heavy atom. The lowest BCUT2D eigenvalue weighted by atomic mass is 9.54. The van der Waals surface area contributed by atoms with Gasteiger partial charge in [0.1, 0.15) is 11.2 Å². The number of benzene rings is 1. The lowest BCUT2D eigenvalue weighted by Crippen LogP contribution is -2.52. The summed E-state index contributed by atoms with van der Waals surface area (Å²) in [4.78, 5) is 26.3. The first-order valence-electron chi connectivity index (χ1n) is 13.0.